The third kappa shape index (κ3) is 4.00. The Balaban J connectivity index is 2.32. The van der Waals surface area contributed by atoms with Gasteiger partial charge in [-0.1, -0.05) is 12.8 Å². The highest BCUT2D eigenvalue weighted by atomic mass is 35.5. The lowest BCUT2D eigenvalue weighted by molar-refractivity contribution is -0.119. The molecule has 1 unspecified atom stereocenters. The van der Waals surface area contributed by atoms with Crippen molar-refractivity contribution in [1.29, 1.82) is 0 Å². The molecular formula is C11H19ClN2O2. The summed E-state index contributed by atoms with van der Waals surface area (Å²) in [7, 11) is 1.71. The molecule has 1 aliphatic carbocycles. The van der Waals surface area contributed by atoms with Crippen LogP contribution in [0.5, 0.6) is 0 Å². The number of carbonyl (C=O) groups excluding carboxylic acids is 2. The lowest BCUT2D eigenvalue weighted by atomic mass is 10.1. The molecule has 92 valence electrons. The first-order valence-electron chi connectivity index (χ1n) is 5.70. The molecule has 1 rings (SSSR count). The minimum atomic E-state index is -0.677. The molecule has 0 bridgehead atoms. The van der Waals surface area contributed by atoms with Gasteiger partial charge >= 0.3 is 6.03 Å². The molecule has 0 aromatic heterocycles. The summed E-state index contributed by atoms with van der Waals surface area (Å²) in [5, 5.41) is 1.59. The number of carbonyl (C=O) groups is 2. The van der Waals surface area contributed by atoms with E-state index in [0.29, 0.717) is 5.92 Å². The smallest absolute Gasteiger partial charge is 0.323 e. The van der Waals surface area contributed by atoms with E-state index in [0.717, 1.165) is 6.54 Å². The van der Waals surface area contributed by atoms with Crippen molar-refractivity contribution < 1.29 is 9.59 Å². The fourth-order valence-corrected chi connectivity index (χ4v) is 2.02. The van der Waals surface area contributed by atoms with Crippen molar-refractivity contribution in [3.05, 3.63) is 0 Å². The molecule has 4 nitrogen and oxygen atoms in total. The summed E-state index contributed by atoms with van der Waals surface area (Å²) in [6.07, 6.45) is 4.85. The minimum absolute atomic E-state index is 0.357. The Labute approximate surface area is 101 Å². The maximum absolute atomic E-state index is 11.6. The summed E-state index contributed by atoms with van der Waals surface area (Å²) in [5.41, 5.74) is 0. The zero-order valence-corrected chi connectivity index (χ0v) is 10.6. The minimum Gasteiger partial charge on any atom is -0.327 e. The molecule has 0 heterocycles. The van der Waals surface area contributed by atoms with Crippen molar-refractivity contribution in [3.8, 4) is 0 Å². The molecule has 0 aromatic rings. The molecule has 0 aromatic carbocycles. The molecule has 0 aliphatic heterocycles. The summed E-state index contributed by atoms with van der Waals surface area (Å²) in [5.74, 6) is 0.143. The maximum atomic E-state index is 11.6. The van der Waals surface area contributed by atoms with E-state index in [2.05, 4.69) is 5.32 Å². The summed E-state index contributed by atoms with van der Waals surface area (Å²) >= 11 is 5.56. The van der Waals surface area contributed by atoms with Crippen molar-refractivity contribution in [2.24, 2.45) is 5.92 Å². The summed E-state index contributed by atoms with van der Waals surface area (Å²) in [6, 6.07) is -0.357. The van der Waals surface area contributed by atoms with Crippen LogP contribution >= 0.6 is 11.6 Å². The highest BCUT2D eigenvalue weighted by molar-refractivity contribution is 6.31. The van der Waals surface area contributed by atoms with Gasteiger partial charge in [-0.05, 0) is 25.7 Å². The number of nitrogens with zero attached hydrogens (tertiary/aromatic N) is 1. The second kappa shape index (κ2) is 6.09. The third-order valence-corrected chi connectivity index (χ3v) is 3.14. The van der Waals surface area contributed by atoms with E-state index in [1.54, 1.807) is 18.9 Å². The molecule has 0 saturated heterocycles. The number of alkyl halides is 1. The van der Waals surface area contributed by atoms with Crippen LogP contribution in [0.1, 0.15) is 32.6 Å². The van der Waals surface area contributed by atoms with Crippen molar-refractivity contribution >= 4 is 23.5 Å². The Kier molecular flexibility index (Phi) is 5.06. The average molecular weight is 247 g/mol. The summed E-state index contributed by atoms with van der Waals surface area (Å²) in [6.45, 7) is 2.26. The van der Waals surface area contributed by atoms with Gasteiger partial charge in [-0.15, -0.1) is 11.6 Å². The molecule has 1 aliphatic rings. The molecule has 3 amide bonds. The van der Waals surface area contributed by atoms with Gasteiger partial charge in [0.05, 0.1) is 0 Å². The van der Waals surface area contributed by atoms with Crippen LogP contribution in [0.25, 0.3) is 0 Å². The SMILES string of the molecule is CC(Cl)C(=O)NC(=O)N(C)CC1CCCC1. The van der Waals surface area contributed by atoms with Gasteiger partial charge in [0.25, 0.3) is 0 Å². The van der Waals surface area contributed by atoms with Gasteiger partial charge in [0.2, 0.25) is 5.91 Å². The van der Waals surface area contributed by atoms with Crippen molar-refractivity contribution in [1.82, 2.24) is 10.2 Å². The van der Waals surface area contributed by atoms with E-state index < -0.39 is 11.3 Å². The van der Waals surface area contributed by atoms with Crippen LogP contribution in [0, 0.1) is 5.92 Å². The van der Waals surface area contributed by atoms with Crippen molar-refractivity contribution in [2.75, 3.05) is 13.6 Å². The van der Waals surface area contributed by atoms with E-state index in [9.17, 15) is 9.59 Å². The molecule has 1 N–H and O–H groups in total. The molecule has 1 fully saturated rings. The highest BCUT2D eigenvalue weighted by Crippen LogP contribution is 2.25. The fourth-order valence-electron chi connectivity index (χ4n) is 1.96. The molecule has 0 spiro atoms. The summed E-state index contributed by atoms with van der Waals surface area (Å²) < 4.78 is 0. The van der Waals surface area contributed by atoms with Gasteiger partial charge in [-0.3, -0.25) is 10.1 Å². The van der Waals surface area contributed by atoms with Crippen LogP contribution in [0.2, 0.25) is 0 Å². The monoisotopic (exact) mass is 246 g/mol. The number of urea groups is 1. The van der Waals surface area contributed by atoms with E-state index in [4.69, 9.17) is 11.6 Å². The van der Waals surface area contributed by atoms with Crippen molar-refractivity contribution in [2.45, 2.75) is 38.0 Å². The zero-order chi connectivity index (χ0) is 12.1. The lowest BCUT2D eigenvalue weighted by Gasteiger charge is -2.21. The van der Waals surface area contributed by atoms with Gasteiger partial charge in [-0.2, -0.15) is 0 Å². The van der Waals surface area contributed by atoms with Crippen LogP contribution in [0.4, 0.5) is 4.79 Å². The molecule has 1 saturated carbocycles. The van der Waals surface area contributed by atoms with Crippen LogP contribution < -0.4 is 5.32 Å². The van der Waals surface area contributed by atoms with Gasteiger partial charge in [0.1, 0.15) is 5.38 Å². The van der Waals surface area contributed by atoms with Crippen LogP contribution in [-0.2, 0) is 4.79 Å². The van der Waals surface area contributed by atoms with Gasteiger partial charge in [-0.25, -0.2) is 4.79 Å². The fraction of sp³-hybridized carbons (Fsp3) is 0.818. The Bertz CT molecular complexity index is 263. The Hall–Kier alpha value is -0.770. The molecule has 16 heavy (non-hydrogen) atoms. The first-order chi connectivity index (χ1) is 7.50. The second-order valence-corrected chi connectivity index (χ2v) is 5.10. The largest absolute Gasteiger partial charge is 0.327 e. The van der Waals surface area contributed by atoms with Crippen LogP contribution in [-0.4, -0.2) is 35.8 Å². The number of halogens is 1. The van der Waals surface area contributed by atoms with Gasteiger partial charge < -0.3 is 4.90 Å². The molecular weight excluding hydrogens is 228 g/mol. The predicted molar refractivity (Wildman–Crippen MR) is 63.4 cm³/mol. The number of hydrogen-bond acceptors (Lipinski definition) is 2. The topological polar surface area (TPSA) is 49.4 Å². The second-order valence-electron chi connectivity index (χ2n) is 4.44. The predicted octanol–water partition coefficient (Wildman–Crippen LogP) is 1.97. The van der Waals surface area contributed by atoms with Crippen LogP contribution in [0.3, 0.4) is 0 Å². The standard InChI is InChI=1S/C11H19ClN2O2/c1-8(12)10(15)13-11(16)14(2)7-9-5-3-4-6-9/h8-9H,3-7H2,1-2H3,(H,13,15,16). The molecule has 5 heteroatoms. The van der Waals surface area contributed by atoms with E-state index in [1.807, 2.05) is 0 Å². The van der Waals surface area contributed by atoms with Gasteiger partial charge in [0, 0.05) is 13.6 Å². The number of nitrogens with one attached hydrogen (secondary N) is 1. The molecule has 1 atom stereocenters. The number of rotatable bonds is 3. The zero-order valence-electron chi connectivity index (χ0n) is 9.83. The van der Waals surface area contributed by atoms with Gasteiger partial charge in [0.15, 0.2) is 0 Å². The number of amides is 3. The van der Waals surface area contributed by atoms with Crippen LogP contribution in [0.15, 0.2) is 0 Å². The normalized spacial score (nSPS) is 18.2. The highest BCUT2D eigenvalue weighted by Gasteiger charge is 2.21. The summed E-state index contributed by atoms with van der Waals surface area (Å²) in [4.78, 5) is 24.3. The lowest BCUT2D eigenvalue weighted by Crippen LogP contribution is -2.44. The Morgan fingerprint density at radius 3 is 2.50 bits per heavy atom. The van der Waals surface area contributed by atoms with Crippen molar-refractivity contribution in [3.63, 3.8) is 0 Å². The van der Waals surface area contributed by atoms with E-state index in [-0.39, 0.29) is 6.03 Å². The first kappa shape index (κ1) is 13.3. The third-order valence-electron chi connectivity index (χ3n) is 2.94. The number of hydrogen-bond donors (Lipinski definition) is 1. The Morgan fingerprint density at radius 2 is 2.00 bits per heavy atom. The average Bonchev–Trinajstić information content (AvgIpc) is 2.69. The number of imide groups is 1. The molecule has 0 radical (unpaired) electrons. The first-order valence-corrected chi connectivity index (χ1v) is 6.14. The van der Waals surface area contributed by atoms with E-state index >= 15 is 0 Å². The van der Waals surface area contributed by atoms with E-state index in [1.165, 1.54) is 25.7 Å². The quantitative estimate of drug-likeness (QED) is 0.774. The maximum Gasteiger partial charge on any atom is 0.323 e. The Morgan fingerprint density at radius 1 is 1.44 bits per heavy atom.